The molecule has 5 nitrogen and oxygen atoms in total. The van der Waals surface area contributed by atoms with Crippen LogP contribution in [0, 0.1) is 0 Å². The lowest BCUT2D eigenvalue weighted by Gasteiger charge is -2.26. The molecule has 0 radical (unpaired) electrons. The predicted octanol–water partition coefficient (Wildman–Crippen LogP) is 4.00. The van der Waals surface area contributed by atoms with Gasteiger partial charge < -0.3 is 9.64 Å². The first-order valence-corrected chi connectivity index (χ1v) is 8.97. The van der Waals surface area contributed by atoms with Crippen LogP contribution in [0.15, 0.2) is 17.2 Å². The van der Waals surface area contributed by atoms with E-state index in [2.05, 4.69) is 22.4 Å². The van der Waals surface area contributed by atoms with Crippen LogP contribution in [0.1, 0.15) is 26.2 Å². The predicted molar refractivity (Wildman–Crippen MR) is 98.5 cm³/mol. The molecule has 0 aromatic heterocycles. The number of carbonyl (C=O) groups is 1. The molecule has 1 aromatic carbocycles. The summed E-state index contributed by atoms with van der Waals surface area (Å²) in [5.41, 5.74) is 3.52. The van der Waals surface area contributed by atoms with Crippen LogP contribution in [0.25, 0.3) is 0 Å². The maximum atomic E-state index is 11.8. The van der Waals surface area contributed by atoms with Crippen LogP contribution in [-0.2, 0) is 4.79 Å². The third kappa shape index (κ3) is 5.81. The van der Waals surface area contributed by atoms with Gasteiger partial charge in [0.1, 0.15) is 5.75 Å². The van der Waals surface area contributed by atoms with E-state index in [-0.39, 0.29) is 12.5 Å². The highest BCUT2D eigenvalue weighted by molar-refractivity contribution is 6.43. The Balaban J connectivity index is 1.78. The quantitative estimate of drug-likeness (QED) is 0.588. The van der Waals surface area contributed by atoms with Crippen molar-refractivity contribution in [2.45, 2.75) is 26.2 Å². The van der Waals surface area contributed by atoms with Gasteiger partial charge in [-0.25, -0.2) is 5.43 Å². The lowest BCUT2D eigenvalue weighted by Crippen LogP contribution is -2.35. The first kappa shape index (κ1) is 19.3. The van der Waals surface area contributed by atoms with Crippen molar-refractivity contribution in [2.75, 3.05) is 26.2 Å². The smallest absolute Gasteiger partial charge is 0.277 e. The standard InChI is InChI=1S/C16H20Cl3N3O2/c1-2-5-22-6-3-11(4-7-22)20-21-16(23)10-24-15-9-13(18)12(17)8-14(15)19/h8-9H,2-7,10H2,1H3,(H,21,23). The largest absolute Gasteiger partial charge is 0.482 e. The molecule has 1 aliphatic heterocycles. The number of nitrogens with one attached hydrogen (secondary N) is 1. The van der Waals surface area contributed by atoms with E-state index in [1.807, 2.05) is 0 Å². The third-order valence-electron chi connectivity index (χ3n) is 3.65. The summed E-state index contributed by atoms with van der Waals surface area (Å²) >= 11 is 17.7. The van der Waals surface area contributed by atoms with Crippen molar-refractivity contribution in [1.82, 2.24) is 10.3 Å². The van der Waals surface area contributed by atoms with Gasteiger partial charge in [0.05, 0.1) is 15.1 Å². The molecule has 1 saturated heterocycles. The normalized spacial score (nSPS) is 15.2. The minimum atomic E-state index is -0.347. The monoisotopic (exact) mass is 391 g/mol. The Hall–Kier alpha value is -1.01. The van der Waals surface area contributed by atoms with Gasteiger partial charge in [0.2, 0.25) is 0 Å². The second-order valence-corrected chi connectivity index (χ2v) is 6.76. The van der Waals surface area contributed by atoms with E-state index in [1.54, 1.807) is 0 Å². The van der Waals surface area contributed by atoms with Crippen molar-refractivity contribution < 1.29 is 9.53 Å². The molecule has 1 aromatic rings. The first-order chi connectivity index (χ1) is 11.5. The summed E-state index contributed by atoms with van der Waals surface area (Å²) in [5, 5.41) is 5.12. The minimum Gasteiger partial charge on any atom is -0.482 e. The maximum absolute atomic E-state index is 11.8. The highest BCUT2D eigenvalue weighted by Crippen LogP contribution is 2.33. The Bertz CT molecular complexity index is 613. The minimum absolute atomic E-state index is 0.198. The highest BCUT2D eigenvalue weighted by atomic mass is 35.5. The van der Waals surface area contributed by atoms with Crippen molar-refractivity contribution in [1.29, 1.82) is 0 Å². The summed E-state index contributed by atoms with van der Waals surface area (Å²) in [4.78, 5) is 14.2. The molecule has 132 valence electrons. The van der Waals surface area contributed by atoms with Crippen molar-refractivity contribution in [3.8, 4) is 5.75 Å². The molecule has 0 aliphatic carbocycles. The molecule has 2 rings (SSSR count). The van der Waals surface area contributed by atoms with E-state index in [9.17, 15) is 4.79 Å². The number of likely N-dealkylation sites (tertiary alicyclic amines) is 1. The number of benzene rings is 1. The summed E-state index contributed by atoms with van der Waals surface area (Å²) < 4.78 is 5.36. The van der Waals surface area contributed by atoms with Crippen LogP contribution < -0.4 is 10.2 Å². The molecule has 1 amide bonds. The van der Waals surface area contributed by atoms with E-state index in [0.717, 1.165) is 44.6 Å². The van der Waals surface area contributed by atoms with E-state index >= 15 is 0 Å². The van der Waals surface area contributed by atoms with Gasteiger partial charge in [-0.1, -0.05) is 41.7 Å². The van der Waals surface area contributed by atoms with Gasteiger partial charge >= 0.3 is 0 Å². The Morgan fingerprint density at radius 1 is 1.21 bits per heavy atom. The number of amides is 1. The van der Waals surface area contributed by atoms with Gasteiger partial charge in [-0.05, 0) is 19.0 Å². The number of ether oxygens (including phenoxy) is 1. The van der Waals surface area contributed by atoms with E-state index < -0.39 is 0 Å². The number of halogens is 3. The summed E-state index contributed by atoms with van der Waals surface area (Å²) in [6.45, 7) is 5.05. The lowest BCUT2D eigenvalue weighted by molar-refractivity contribution is -0.123. The van der Waals surface area contributed by atoms with Crippen molar-refractivity contribution in [3.05, 3.63) is 27.2 Å². The molecule has 1 fully saturated rings. The topological polar surface area (TPSA) is 53.9 Å². The number of hydrogen-bond donors (Lipinski definition) is 1. The number of carbonyl (C=O) groups excluding carboxylic acids is 1. The maximum Gasteiger partial charge on any atom is 0.277 e. The lowest BCUT2D eigenvalue weighted by atomic mass is 10.1. The van der Waals surface area contributed by atoms with Crippen molar-refractivity contribution in [2.24, 2.45) is 5.10 Å². The van der Waals surface area contributed by atoms with Crippen LogP contribution in [-0.4, -0.2) is 42.8 Å². The average molecular weight is 393 g/mol. The van der Waals surface area contributed by atoms with Gasteiger partial charge in [0.15, 0.2) is 6.61 Å². The highest BCUT2D eigenvalue weighted by Gasteiger charge is 2.14. The molecule has 1 N–H and O–H groups in total. The molecule has 24 heavy (non-hydrogen) atoms. The fourth-order valence-corrected chi connectivity index (χ4v) is 2.99. The number of hydrogen-bond acceptors (Lipinski definition) is 4. The van der Waals surface area contributed by atoms with Gasteiger partial charge in [0, 0.05) is 37.7 Å². The van der Waals surface area contributed by atoms with Crippen LogP contribution in [0.4, 0.5) is 0 Å². The van der Waals surface area contributed by atoms with E-state index in [4.69, 9.17) is 39.5 Å². The van der Waals surface area contributed by atoms with E-state index in [0.29, 0.717) is 20.8 Å². The number of piperidine rings is 1. The first-order valence-electron chi connectivity index (χ1n) is 7.83. The summed E-state index contributed by atoms with van der Waals surface area (Å²) in [5.74, 6) is -0.0395. The zero-order chi connectivity index (χ0) is 17.5. The van der Waals surface area contributed by atoms with Crippen molar-refractivity contribution in [3.63, 3.8) is 0 Å². The Kier molecular flexibility index (Phi) is 7.62. The Morgan fingerprint density at radius 3 is 2.54 bits per heavy atom. The summed E-state index contributed by atoms with van der Waals surface area (Å²) in [6.07, 6.45) is 2.90. The molecule has 1 aliphatic rings. The van der Waals surface area contributed by atoms with Gasteiger partial charge in [-0.2, -0.15) is 5.10 Å². The second kappa shape index (κ2) is 9.47. The fraction of sp³-hybridized carbons (Fsp3) is 0.500. The molecule has 0 atom stereocenters. The molecule has 1 heterocycles. The van der Waals surface area contributed by atoms with Gasteiger partial charge in [0.25, 0.3) is 5.91 Å². The molecule has 8 heteroatoms. The molecular weight excluding hydrogens is 373 g/mol. The van der Waals surface area contributed by atoms with Gasteiger partial charge in [-0.3, -0.25) is 4.79 Å². The number of nitrogens with zero attached hydrogens (tertiary/aromatic N) is 2. The second-order valence-electron chi connectivity index (χ2n) is 5.54. The summed E-state index contributed by atoms with van der Waals surface area (Å²) in [6, 6.07) is 2.96. The number of hydrazone groups is 1. The average Bonchev–Trinajstić information content (AvgIpc) is 2.56. The zero-order valence-corrected chi connectivity index (χ0v) is 15.7. The molecule has 0 unspecified atom stereocenters. The Labute approximate surface area is 156 Å². The third-order valence-corrected chi connectivity index (χ3v) is 4.66. The molecular formula is C16H20Cl3N3O2. The van der Waals surface area contributed by atoms with E-state index in [1.165, 1.54) is 12.1 Å². The van der Waals surface area contributed by atoms with Crippen LogP contribution in [0.3, 0.4) is 0 Å². The summed E-state index contributed by atoms with van der Waals surface area (Å²) in [7, 11) is 0. The fourth-order valence-electron chi connectivity index (χ4n) is 2.39. The Morgan fingerprint density at radius 2 is 1.88 bits per heavy atom. The van der Waals surface area contributed by atoms with Crippen molar-refractivity contribution >= 4 is 46.4 Å². The van der Waals surface area contributed by atoms with Crippen LogP contribution >= 0.6 is 34.8 Å². The van der Waals surface area contributed by atoms with Crippen LogP contribution in [0.2, 0.25) is 15.1 Å². The SMILES string of the molecule is CCCN1CCC(=NNC(=O)COc2cc(Cl)c(Cl)cc2Cl)CC1. The number of rotatable bonds is 6. The molecule has 0 spiro atoms. The van der Waals surface area contributed by atoms with Gasteiger partial charge in [-0.15, -0.1) is 0 Å². The molecule has 0 bridgehead atoms. The zero-order valence-electron chi connectivity index (χ0n) is 13.4. The van der Waals surface area contributed by atoms with Crippen LogP contribution in [0.5, 0.6) is 5.75 Å². The molecule has 0 saturated carbocycles.